The van der Waals surface area contributed by atoms with Gasteiger partial charge in [0.15, 0.2) is 0 Å². The third-order valence-corrected chi connectivity index (χ3v) is 9.83. The van der Waals surface area contributed by atoms with E-state index in [1.54, 1.807) is 23.1 Å². The number of hydrogen-bond acceptors (Lipinski definition) is 13. The Labute approximate surface area is 291 Å². The average Bonchev–Trinajstić information content (AvgIpc) is 3.43. The molecule has 15 nitrogen and oxygen atoms in total. The van der Waals surface area contributed by atoms with Gasteiger partial charge in [-0.15, -0.1) is 10.2 Å². The van der Waals surface area contributed by atoms with Gasteiger partial charge in [-0.2, -0.15) is 5.26 Å². The van der Waals surface area contributed by atoms with Crippen LogP contribution in [-0.2, 0) is 11.3 Å². The van der Waals surface area contributed by atoms with Crippen molar-refractivity contribution < 1.29 is 19.3 Å². The first-order chi connectivity index (χ1) is 24.2. The number of anilines is 2. The molecule has 2 N–H and O–H groups in total. The minimum atomic E-state index is -0.606. The Morgan fingerprint density at radius 3 is 2.50 bits per heavy atom. The number of rotatable bonds is 13. The molecular weight excluding hydrogens is 638 g/mol. The monoisotopic (exact) mass is 683 g/mol. The van der Waals surface area contributed by atoms with E-state index in [0.29, 0.717) is 54.4 Å². The zero-order valence-electron chi connectivity index (χ0n) is 28.9. The number of nitriles is 1. The molecule has 3 atom stereocenters. The molecule has 1 saturated heterocycles. The standard InChI is InChI=1S/C35H45N11O4/c1-23-18-44(19-24(2)49-23)29-6-8-30(9-7-29)46-21-31(33(41-46)48-13-12-35(47)10-11-35)40-34-37-16-28(17-38-34)26-4-5-27(15-36)32(14-26)50-25(3)20-45-22-39-42-43-45/h4-5,14,16-17,21-25,29-30,47H,6-13,18-20H2,1-3H3,(H,37,38,40)/t23-,24+,25-,29-,30-/m0/s1. The van der Waals surface area contributed by atoms with Crippen LogP contribution < -0.4 is 14.8 Å². The Hall–Kier alpha value is -4.65. The third kappa shape index (κ3) is 8.20. The molecule has 0 spiro atoms. The number of aliphatic hydroxyl groups is 1. The molecule has 0 radical (unpaired) electrons. The highest BCUT2D eigenvalue weighted by Crippen LogP contribution is 2.39. The van der Waals surface area contributed by atoms with Gasteiger partial charge in [-0.3, -0.25) is 9.58 Å². The van der Waals surface area contributed by atoms with Gasteiger partial charge in [0.05, 0.1) is 48.8 Å². The summed E-state index contributed by atoms with van der Waals surface area (Å²) in [5.41, 5.74) is 2.08. The predicted octanol–water partition coefficient (Wildman–Crippen LogP) is 4.30. The minimum Gasteiger partial charge on any atom is -0.487 e. The fourth-order valence-corrected chi connectivity index (χ4v) is 7.03. The van der Waals surface area contributed by atoms with Crippen molar-refractivity contribution in [3.8, 4) is 28.8 Å². The normalized spacial score (nSPS) is 23.9. The van der Waals surface area contributed by atoms with Gasteiger partial charge in [0.2, 0.25) is 5.95 Å². The van der Waals surface area contributed by atoms with E-state index in [1.165, 1.54) is 6.33 Å². The molecule has 3 fully saturated rings. The Morgan fingerprint density at radius 1 is 1.08 bits per heavy atom. The Kier molecular flexibility index (Phi) is 9.93. The van der Waals surface area contributed by atoms with E-state index in [0.717, 1.165) is 62.7 Å². The lowest BCUT2D eigenvalue weighted by Crippen LogP contribution is -2.51. The summed E-state index contributed by atoms with van der Waals surface area (Å²) in [5, 5.41) is 39.4. The van der Waals surface area contributed by atoms with Crippen LogP contribution in [0.25, 0.3) is 11.1 Å². The molecule has 0 amide bonds. The fourth-order valence-electron chi connectivity index (χ4n) is 7.03. The molecule has 264 valence electrons. The van der Waals surface area contributed by atoms with Crippen LogP contribution in [0.2, 0.25) is 0 Å². The summed E-state index contributed by atoms with van der Waals surface area (Å²) in [4.78, 5) is 11.8. The lowest BCUT2D eigenvalue weighted by atomic mass is 9.89. The fraction of sp³-hybridized carbons (Fsp3) is 0.571. The van der Waals surface area contributed by atoms with E-state index in [4.69, 9.17) is 19.3 Å². The van der Waals surface area contributed by atoms with Gasteiger partial charge in [-0.05, 0) is 87.4 Å². The number of nitrogens with zero attached hydrogens (tertiary/aromatic N) is 10. The quantitative estimate of drug-likeness (QED) is 0.204. The van der Waals surface area contributed by atoms with Crippen LogP contribution >= 0.6 is 0 Å². The van der Waals surface area contributed by atoms with Crippen LogP contribution in [0.15, 0.2) is 43.1 Å². The Morgan fingerprint density at radius 2 is 1.82 bits per heavy atom. The summed E-state index contributed by atoms with van der Waals surface area (Å²) in [6.07, 6.45) is 13.7. The predicted molar refractivity (Wildman–Crippen MR) is 183 cm³/mol. The van der Waals surface area contributed by atoms with E-state index < -0.39 is 5.60 Å². The topological polar surface area (TPSA) is 174 Å². The molecule has 3 aliphatic rings. The van der Waals surface area contributed by atoms with Crippen molar-refractivity contribution >= 4 is 11.6 Å². The van der Waals surface area contributed by atoms with Crippen LogP contribution in [0.5, 0.6) is 11.6 Å². The molecule has 0 unspecified atom stereocenters. The Balaban J connectivity index is 1.03. The zero-order chi connectivity index (χ0) is 34.7. The van der Waals surface area contributed by atoms with E-state index in [1.807, 2.05) is 29.9 Å². The van der Waals surface area contributed by atoms with Crippen LogP contribution in [0.3, 0.4) is 0 Å². The molecule has 4 heterocycles. The molecule has 1 aliphatic heterocycles. The molecule has 1 aromatic carbocycles. The number of aromatic nitrogens is 8. The van der Waals surface area contributed by atoms with E-state index in [9.17, 15) is 10.4 Å². The molecule has 0 bridgehead atoms. The molecule has 15 heteroatoms. The second-order valence-corrected chi connectivity index (χ2v) is 14.0. The van der Waals surface area contributed by atoms with Crippen LogP contribution in [0.1, 0.15) is 77.3 Å². The summed E-state index contributed by atoms with van der Waals surface area (Å²) >= 11 is 0. The first-order valence-electron chi connectivity index (χ1n) is 17.6. The number of morpholine rings is 1. The SMILES string of the molecule is C[C@@H]1CN([C@H]2CC[C@H](n3cc(Nc4ncc(-c5ccc(C#N)c(O[C@@H](C)Cn6cnnn6)c5)cn4)c(OCCC4(O)CC4)n3)CC2)C[C@H](C)O1. The van der Waals surface area contributed by atoms with E-state index >= 15 is 0 Å². The maximum absolute atomic E-state index is 10.4. The number of tetrazole rings is 1. The van der Waals surface area contributed by atoms with Crippen molar-refractivity contribution in [3.63, 3.8) is 0 Å². The first-order valence-corrected chi connectivity index (χ1v) is 17.6. The van der Waals surface area contributed by atoms with Gasteiger partial charge >= 0.3 is 0 Å². The minimum absolute atomic E-state index is 0.263. The van der Waals surface area contributed by atoms with Crippen LogP contribution in [-0.4, -0.2) is 99.6 Å². The maximum Gasteiger partial charge on any atom is 0.256 e. The molecule has 3 aromatic heterocycles. The molecule has 7 rings (SSSR count). The zero-order valence-corrected chi connectivity index (χ0v) is 28.9. The van der Waals surface area contributed by atoms with E-state index in [-0.39, 0.29) is 24.4 Å². The summed E-state index contributed by atoms with van der Waals surface area (Å²) < 4.78 is 21.8. The summed E-state index contributed by atoms with van der Waals surface area (Å²) in [5.74, 6) is 1.34. The lowest BCUT2D eigenvalue weighted by molar-refractivity contribution is -0.0852. The van der Waals surface area contributed by atoms with Crippen molar-refractivity contribution in [1.29, 1.82) is 5.26 Å². The molecule has 2 saturated carbocycles. The largest absolute Gasteiger partial charge is 0.487 e. The van der Waals surface area contributed by atoms with Gasteiger partial charge < -0.3 is 24.6 Å². The van der Waals surface area contributed by atoms with Crippen molar-refractivity contribution in [3.05, 3.63) is 48.7 Å². The number of hydrogen-bond donors (Lipinski definition) is 2. The van der Waals surface area contributed by atoms with E-state index in [2.05, 4.69) is 55.6 Å². The second kappa shape index (κ2) is 14.7. The summed E-state index contributed by atoms with van der Waals surface area (Å²) in [6, 6.07) is 8.42. The maximum atomic E-state index is 10.4. The van der Waals surface area contributed by atoms with Crippen LogP contribution in [0, 0.1) is 11.3 Å². The number of nitrogens with one attached hydrogen (secondary N) is 1. The number of ether oxygens (including phenoxy) is 3. The second-order valence-electron chi connectivity index (χ2n) is 14.0. The summed E-state index contributed by atoms with van der Waals surface area (Å²) in [6.45, 7) is 9.00. The molecule has 50 heavy (non-hydrogen) atoms. The van der Waals surface area contributed by atoms with Gasteiger partial charge in [0.1, 0.15) is 29.9 Å². The molecule has 4 aromatic rings. The number of benzene rings is 1. The third-order valence-electron chi connectivity index (χ3n) is 9.83. The van der Waals surface area contributed by atoms with Crippen LogP contribution in [0.4, 0.5) is 11.6 Å². The van der Waals surface area contributed by atoms with Crippen molar-refractivity contribution in [2.24, 2.45) is 0 Å². The smallest absolute Gasteiger partial charge is 0.256 e. The van der Waals surface area contributed by atoms with Gasteiger partial charge in [0, 0.05) is 43.5 Å². The molecule has 2 aliphatic carbocycles. The van der Waals surface area contributed by atoms with Crippen molar-refractivity contribution in [2.45, 2.75) is 108 Å². The highest BCUT2D eigenvalue weighted by Gasteiger charge is 2.40. The van der Waals surface area contributed by atoms with Crippen molar-refractivity contribution in [1.82, 2.24) is 44.9 Å². The highest BCUT2D eigenvalue weighted by molar-refractivity contribution is 5.67. The molecular formula is C35H45N11O4. The summed E-state index contributed by atoms with van der Waals surface area (Å²) in [7, 11) is 0. The highest BCUT2D eigenvalue weighted by atomic mass is 16.5. The van der Waals surface area contributed by atoms with Crippen molar-refractivity contribution in [2.75, 3.05) is 25.0 Å². The van der Waals surface area contributed by atoms with Gasteiger partial charge in [0.25, 0.3) is 5.88 Å². The lowest BCUT2D eigenvalue weighted by Gasteiger charge is -2.42. The average molecular weight is 684 g/mol. The Bertz CT molecular complexity index is 1750. The van der Waals surface area contributed by atoms with Gasteiger partial charge in [-0.1, -0.05) is 6.07 Å². The first kappa shape index (κ1) is 33.8. The van der Waals surface area contributed by atoms with Gasteiger partial charge in [-0.25, -0.2) is 14.6 Å².